The van der Waals surface area contributed by atoms with E-state index in [0.29, 0.717) is 41.5 Å². The average molecular weight is 448 g/mol. The van der Waals surface area contributed by atoms with E-state index in [1.165, 1.54) is 11.0 Å². The highest BCUT2D eigenvalue weighted by atomic mass is 16.5. The first-order chi connectivity index (χ1) is 16.0. The van der Waals surface area contributed by atoms with Gasteiger partial charge in [-0.2, -0.15) is 0 Å². The highest BCUT2D eigenvalue weighted by Gasteiger charge is 2.49. The van der Waals surface area contributed by atoms with Gasteiger partial charge < -0.3 is 14.8 Å². The minimum Gasteiger partial charge on any atom is -0.490 e. The standard InChI is InChI=1S/C22H20N6O5/c1-22(15-4-2-5-16(11-15)28-13-23-25-26-28)20(30)27(21(31)24-22)12-17(29)14-6-7-18-19(10-14)33-9-3-8-32-18/h2,4-7,10-11,13H,3,8-9,12H2,1H3,(H,24,31)/t22-/m0/s1. The van der Waals surface area contributed by atoms with Crippen molar-refractivity contribution in [3.8, 4) is 17.2 Å². The van der Waals surface area contributed by atoms with Gasteiger partial charge in [0.1, 0.15) is 11.9 Å². The summed E-state index contributed by atoms with van der Waals surface area (Å²) in [4.78, 5) is 39.8. The lowest BCUT2D eigenvalue weighted by Crippen LogP contribution is -2.41. The van der Waals surface area contributed by atoms with E-state index < -0.39 is 24.0 Å². The summed E-state index contributed by atoms with van der Waals surface area (Å²) in [5, 5.41) is 13.8. The van der Waals surface area contributed by atoms with Crippen molar-refractivity contribution in [2.75, 3.05) is 19.8 Å². The smallest absolute Gasteiger partial charge is 0.325 e. The van der Waals surface area contributed by atoms with Crippen LogP contribution < -0.4 is 14.8 Å². The molecule has 1 atom stereocenters. The van der Waals surface area contributed by atoms with Gasteiger partial charge in [-0.15, -0.1) is 5.10 Å². The number of urea groups is 1. The predicted octanol–water partition coefficient (Wildman–Crippen LogP) is 1.47. The normalized spacial score (nSPS) is 19.8. The number of Topliss-reactive ketones (excluding diaryl/α,β-unsaturated/α-hetero) is 1. The minimum atomic E-state index is -1.34. The Balaban J connectivity index is 1.37. The average Bonchev–Trinajstić information content (AvgIpc) is 3.35. The second-order valence-electron chi connectivity index (χ2n) is 7.89. The molecule has 0 aliphatic carbocycles. The molecular weight excluding hydrogens is 428 g/mol. The van der Waals surface area contributed by atoms with Crippen molar-refractivity contribution in [3.63, 3.8) is 0 Å². The fourth-order valence-electron chi connectivity index (χ4n) is 3.85. The van der Waals surface area contributed by atoms with Crippen LogP contribution in [0.4, 0.5) is 4.79 Å². The van der Waals surface area contributed by atoms with Gasteiger partial charge in [0.2, 0.25) is 0 Å². The number of hydrogen-bond donors (Lipinski definition) is 1. The molecule has 1 N–H and O–H groups in total. The van der Waals surface area contributed by atoms with Gasteiger partial charge in [-0.1, -0.05) is 12.1 Å². The highest BCUT2D eigenvalue weighted by Crippen LogP contribution is 2.32. The van der Waals surface area contributed by atoms with E-state index >= 15 is 0 Å². The molecule has 0 saturated carbocycles. The molecule has 3 aromatic rings. The van der Waals surface area contributed by atoms with E-state index in [1.54, 1.807) is 49.4 Å². The van der Waals surface area contributed by atoms with Crippen molar-refractivity contribution in [2.45, 2.75) is 18.9 Å². The van der Waals surface area contributed by atoms with Crippen LogP contribution in [0, 0.1) is 0 Å². The number of carbonyl (C=O) groups excluding carboxylic acids is 3. The number of tetrazole rings is 1. The number of ether oxygens (including phenoxy) is 2. The molecule has 3 amide bonds. The molecule has 1 fully saturated rings. The molecule has 168 valence electrons. The van der Waals surface area contributed by atoms with Crippen LogP contribution in [0.25, 0.3) is 5.69 Å². The van der Waals surface area contributed by atoms with E-state index in [9.17, 15) is 14.4 Å². The largest absolute Gasteiger partial charge is 0.490 e. The van der Waals surface area contributed by atoms with Crippen molar-refractivity contribution in [2.24, 2.45) is 0 Å². The van der Waals surface area contributed by atoms with Crippen molar-refractivity contribution >= 4 is 17.7 Å². The van der Waals surface area contributed by atoms with Crippen LogP contribution in [0.1, 0.15) is 29.3 Å². The summed E-state index contributed by atoms with van der Waals surface area (Å²) in [7, 11) is 0. The molecule has 2 aliphatic heterocycles. The molecule has 2 aliphatic rings. The lowest BCUT2D eigenvalue weighted by molar-refractivity contribution is -0.130. The summed E-state index contributed by atoms with van der Waals surface area (Å²) in [5.74, 6) is 0.124. The quantitative estimate of drug-likeness (QED) is 0.459. The van der Waals surface area contributed by atoms with Gasteiger partial charge in [0.15, 0.2) is 17.3 Å². The summed E-state index contributed by atoms with van der Waals surface area (Å²) in [6.45, 7) is 2.23. The second-order valence-corrected chi connectivity index (χ2v) is 7.89. The van der Waals surface area contributed by atoms with Crippen molar-refractivity contribution < 1.29 is 23.9 Å². The first kappa shape index (κ1) is 20.6. The molecule has 1 saturated heterocycles. The van der Waals surface area contributed by atoms with Gasteiger partial charge in [0.25, 0.3) is 5.91 Å². The van der Waals surface area contributed by atoms with Crippen LogP contribution in [0.5, 0.6) is 11.5 Å². The number of rotatable bonds is 5. The van der Waals surface area contributed by atoms with Crippen molar-refractivity contribution in [3.05, 3.63) is 59.9 Å². The number of benzene rings is 2. The van der Waals surface area contributed by atoms with Gasteiger partial charge in [-0.25, -0.2) is 9.48 Å². The Morgan fingerprint density at radius 3 is 2.73 bits per heavy atom. The number of imide groups is 1. The zero-order valence-electron chi connectivity index (χ0n) is 17.7. The van der Waals surface area contributed by atoms with E-state index in [4.69, 9.17) is 9.47 Å². The molecule has 0 spiro atoms. The molecular formula is C22H20N6O5. The van der Waals surface area contributed by atoms with E-state index in [0.717, 1.165) is 11.3 Å². The zero-order chi connectivity index (χ0) is 23.0. The van der Waals surface area contributed by atoms with Crippen LogP contribution in [0.3, 0.4) is 0 Å². The number of amides is 3. The summed E-state index contributed by atoms with van der Waals surface area (Å²) < 4.78 is 12.7. The SMILES string of the molecule is C[C@@]1(c2cccc(-n3cnnn3)c2)NC(=O)N(CC(=O)c2ccc3c(c2)OCCCO3)C1=O. The molecule has 2 aromatic carbocycles. The molecule has 11 heteroatoms. The zero-order valence-corrected chi connectivity index (χ0v) is 17.7. The number of aromatic nitrogens is 4. The van der Waals surface area contributed by atoms with Crippen LogP contribution in [-0.2, 0) is 10.3 Å². The van der Waals surface area contributed by atoms with Gasteiger partial charge in [0.05, 0.1) is 25.4 Å². The van der Waals surface area contributed by atoms with Crippen molar-refractivity contribution in [1.82, 2.24) is 30.4 Å². The Morgan fingerprint density at radius 1 is 1.12 bits per heavy atom. The lowest BCUT2D eigenvalue weighted by atomic mass is 9.91. The Hall–Kier alpha value is -4.28. The van der Waals surface area contributed by atoms with E-state index in [-0.39, 0.29) is 5.78 Å². The highest BCUT2D eigenvalue weighted by molar-refractivity contribution is 6.11. The number of ketones is 1. The minimum absolute atomic E-state index is 0.328. The Morgan fingerprint density at radius 2 is 1.94 bits per heavy atom. The molecule has 0 bridgehead atoms. The van der Waals surface area contributed by atoms with Gasteiger partial charge in [0, 0.05) is 12.0 Å². The van der Waals surface area contributed by atoms with Crippen LogP contribution in [0.2, 0.25) is 0 Å². The maximum absolute atomic E-state index is 13.3. The lowest BCUT2D eigenvalue weighted by Gasteiger charge is -2.22. The monoisotopic (exact) mass is 448 g/mol. The molecule has 0 unspecified atom stereocenters. The van der Waals surface area contributed by atoms with Gasteiger partial charge >= 0.3 is 6.03 Å². The number of carbonyl (C=O) groups is 3. The Labute approximate surface area is 188 Å². The third kappa shape index (κ3) is 3.67. The fraction of sp³-hybridized carbons (Fsp3) is 0.273. The van der Waals surface area contributed by atoms with Crippen molar-refractivity contribution in [1.29, 1.82) is 0 Å². The maximum atomic E-state index is 13.3. The summed E-state index contributed by atoms with van der Waals surface area (Å²) in [6.07, 6.45) is 2.17. The number of hydrogen-bond acceptors (Lipinski definition) is 8. The van der Waals surface area contributed by atoms with Crippen LogP contribution in [-0.4, -0.2) is 62.6 Å². The number of nitrogens with one attached hydrogen (secondary N) is 1. The molecule has 3 heterocycles. The van der Waals surface area contributed by atoms with Crippen LogP contribution in [0.15, 0.2) is 48.8 Å². The maximum Gasteiger partial charge on any atom is 0.325 e. The Bertz CT molecular complexity index is 1240. The first-order valence-corrected chi connectivity index (χ1v) is 10.4. The Kier molecular flexibility index (Phi) is 5.00. The predicted molar refractivity (Wildman–Crippen MR) is 113 cm³/mol. The molecule has 5 rings (SSSR count). The third-order valence-electron chi connectivity index (χ3n) is 5.68. The third-order valence-corrected chi connectivity index (χ3v) is 5.68. The number of nitrogens with zero attached hydrogens (tertiary/aromatic N) is 5. The number of fused-ring (bicyclic) bond motifs is 1. The molecule has 11 nitrogen and oxygen atoms in total. The first-order valence-electron chi connectivity index (χ1n) is 10.4. The van der Waals surface area contributed by atoms with Gasteiger partial charge in [-0.3, -0.25) is 14.5 Å². The van der Waals surface area contributed by atoms with Crippen LogP contribution >= 0.6 is 0 Å². The summed E-state index contributed by atoms with van der Waals surface area (Å²) in [5.41, 5.74) is 0.155. The topological polar surface area (TPSA) is 129 Å². The van der Waals surface area contributed by atoms with E-state index in [1.807, 2.05) is 0 Å². The molecule has 0 radical (unpaired) electrons. The molecule has 1 aromatic heterocycles. The summed E-state index contributed by atoms with van der Waals surface area (Å²) in [6, 6.07) is 11.1. The second kappa shape index (κ2) is 8.01. The molecule has 33 heavy (non-hydrogen) atoms. The van der Waals surface area contributed by atoms with E-state index in [2.05, 4.69) is 20.8 Å². The summed E-state index contributed by atoms with van der Waals surface area (Å²) >= 11 is 0. The van der Waals surface area contributed by atoms with Gasteiger partial charge in [-0.05, 0) is 53.2 Å². The fourth-order valence-corrected chi connectivity index (χ4v) is 3.85.